The van der Waals surface area contributed by atoms with Gasteiger partial charge in [-0.15, -0.1) is 0 Å². The van der Waals surface area contributed by atoms with Crippen molar-refractivity contribution < 1.29 is 18.0 Å². The second-order valence-electron chi connectivity index (χ2n) is 7.22. The molecule has 0 aliphatic carbocycles. The molecule has 0 aliphatic rings. The summed E-state index contributed by atoms with van der Waals surface area (Å²) >= 11 is 3.40. The van der Waals surface area contributed by atoms with Crippen molar-refractivity contribution in [2.45, 2.75) is 32.5 Å². The number of pyridine rings is 2. The van der Waals surface area contributed by atoms with Gasteiger partial charge in [-0.1, -0.05) is 35.0 Å². The third-order valence-corrected chi connectivity index (χ3v) is 5.81. The zero-order chi connectivity index (χ0) is 23.6. The molecule has 0 radical (unpaired) electrons. The Morgan fingerprint density at radius 1 is 1.22 bits per heavy atom. The van der Waals surface area contributed by atoms with Gasteiger partial charge in [0.1, 0.15) is 11.3 Å². The summed E-state index contributed by atoms with van der Waals surface area (Å²) in [6.07, 6.45) is -1.55. The van der Waals surface area contributed by atoms with Gasteiger partial charge in [-0.05, 0) is 48.7 Å². The van der Waals surface area contributed by atoms with Crippen LogP contribution in [0.2, 0.25) is 0 Å². The van der Waals surface area contributed by atoms with Crippen molar-refractivity contribution in [1.82, 2.24) is 14.9 Å². The number of carbonyl (C=O) groups is 1. The lowest BCUT2D eigenvalue weighted by Gasteiger charge is -2.25. The van der Waals surface area contributed by atoms with Gasteiger partial charge in [0.25, 0.3) is 5.91 Å². The van der Waals surface area contributed by atoms with E-state index in [4.69, 9.17) is 0 Å². The van der Waals surface area contributed by atoms with Crippen LogP contribution < -0.4 is 10.7 Å². The number of nitrogens with one attached hydrogen (secondary N) is 1. The second-order valence-corrected chi connectivity index (χ2v) is 8.14. The van der Waals surface area contributed by atoms with Crippen molar-refractivity contribution in [3.8, 4) is 11.1 Å². The quantitative estimate of drug-likeness (QED) is 0.505. The molecule has 1 N–H and O–H groups in total. The highest BCUT2D eigenvalue weighted by molar-refractivity contribution is 9.10. The lowest BCUT2D eigenvalue weighted by atomic mass is 9.98. The SMILES string of the molecule is CCC(c1ccc(Br)cc1)n1cc(C(=O)NC)c(=O)c(-c2ccnc(C(F)(F)F)c2)c1C. The summed E-state index contributed by atoms with van der Waals surface area (Å²) in [4.78, 5) is 29.1. The van der Waals surface area contributed by atoms with E-state index in [0.717, 1.165) is 22.3 Å². The molecule has 0 fully saturated rings. The van der Waals surface area contributed by atoms with Gasteiger partial charge in [0, 0.05) is 35.2 Å². The molecule has 1 aromatic carbocycles. The number of aromatic nitrogens is 2. The van der Waals surface area contributed by atoms with Crippen LogP contribution in [0.3, 0.4) is 0 Å². The van der Waals surface area contributed by atoms with E-state index in [2.05, 4.69) is 26.2 Å². The largest absolute Gasteiger partial charge is 0.433 e. The predicted molar refractivity (Wildman–Crippen MR) is 120 cm³/mol. The Kier molecular flexibility index (Phi) is 6.88. The number of carbonyl (C=O) groups excluding carboxylic acids is 1. The third-order valence-electron chi connectivity index (χ3n) is 5.28. The summed E-state index contributed by atoms with van der Waals surface area (Å²) < 4.78 is 42.4. The molecule has 32 heavy (non-hydrogen) atoms. The Bertz CT molecular complexity index is 1200. The van der Waals surface area contributed by atoms with Crippen LogP contribution >= 0.6 is 15.9 Å². The van der Waals surface area contributed by atoms with E-state index < -0.39 is 23.2 Å². The number of rotatable bonds is 5. The summed E-state index contributed by atoms with van der Waals surface area (Å²) in [5.41, 5.74) is -0.406. The molecule has 0 saturated carbocycles. The predicted octanol–water partition coefficient (Wildman–Crippen LogP) is 5.36. The van der Waals surface area contributed by atoms with E-state index >= 15 is 0 Å². The molecule has 1 unspecified atom stereocenters. The van der Waals surface area contributed by atoms with Gasteiger partial charge >= 0.3 is 6.18 Å². The van der Waals surface area contributed by atoms with Crippen LogP contribution in [-0.4, -0.2) is 22.5 Å². The van der Waals surface area contributed by atoms with Gasteiger partial charge < -0.3 is 9.88 Å². The minimum absolute atomic E-state index is 0.0366. The molecule has 0 bridgehead atoms. The summed E-state index contributed by atoms with van der Waals surface area (Å²) in [5.74, 6) is -0.610. The fourth-order valence-corrected chi connectivity index (χ4v) is 3.97. The summed E-state index contributed by atoms with van der Waals surface area (Å²) in [6, 6.07) is 9.55. The Morgan fingerprint density at radius 2 is 1.88 bits per heavy atom. The third kappa shape index (κ3) is 4.62. The molecule has 0 aliphatic heterocycles. The number of hydrogen-bond donors (Lipinski definition) is 1. The monoisotopic (exact) mass is 507 g/mol. The van der Waals surface area contributed by atoms with Crippen molar-refractivity contribution in [2.24, 2.45) is 0 Å². The van der Waals surface area contributed by atoms with Gasteiger partial charge in [-0.3, -0.25) is 14.6 Å². The maximum absolute atomic E-state index is 13.2. The average molecular weight is 508 g/mol. The first kappa shape index (κ1) is 23.7. The summed E-state index contributed by atoms with van der Waals surface area (Å²) in [5, 5.41) is 2.44. The first-order valence-electron chi connectivity index (χ1n) is 9.85. The maximum Gasteiger partial charge on any atom is 0.433 e. The molecule has 3 aromatic rings. The van der Waals surface area contributed by atoms with Gasteiger partial charge in [0.15, 0.2) is 0 Å². The Hall–Kier alpha value is -2.94. The fraction of sp³-hybridized carbons (Fsp3) is 0.261. The molecule has 1 atom stereocenters. The molecule has 3 rings (SSSR count). The zero-order valence-electron chi connectivity index (χ0n) is 17.6. The van der Waals surface area contributed by atoms with Gasteiger partial charge in [0.2, 0.25) is 5.43 Å². The van der Waals surface area contributed by atoms with Crippen molar-refractivity contribution in [3.05, 3.63) is 86.0 Å². The van der Waals surface area contributed by atoms with E-state index in [-0.39, 0.29) is 22.7 Å². The smallest absolute Gasteiger partial charge is 0.355 e. The average Bonchev–Trinajstić information content (AvgIpc) is 2.76. The Labute approximate surface area is 191 Å². The molecule has 2 heterocycles. The normalized spacial score (nSPS) is 12.5. The van der Waals surface area contributed by atoms with E-state index in [9.17, 15) is 22.8 Å². The van der Waals surface area contributed by atoms with Crippen LogP contribution in [0.4, 0.5) is 13.2 Å². The van der Waals surface area contributed by atoms with Crippen molar-refractivity contribution in [1.29, 1.82) is 0 Å². The summed E-state index contributed by atoms with van der Waals surface area (Å²) in [7, 11) is 1.39. The van der Waals surface area contributed by atoms with Crippen LogP contribution in [0.1, 0.15) is 46.7 Å². The topological polar surface area (TPSA) is 64.0 Å². The van der Waals surface area contributed by atoms with Crippen LogP contribution in [0.25, 0.3) is 11.1 Å². The molecule has 168 valence electrons. The van der Waals surface area contributed by atoms with E-state index in [1.54, 1.807) is 11.5 Å². The Balaban J connectivity index is 2.32. The molecular weight excluding hydrogens is 487 g/mol. The molecular formula is C23H21BrF3N3O2. The minimum atomic E-state index is -4.66. The Morgan fingerprint density at radius 3 is 2.44 bits per heavy atom. The van der Waals surface area contributed by atoms with E-state index in [1.165, 1.54) is 19.3 Å². The highest BCUT2D eigenvalue weighted by Gasteiger charge is 2.33. The number of hydrogen-bond acceptors (Lipinski definition) is 3. The lowest BCUT2D eigenvalue weighted by Crippen LogP contribution is -2.30. The van der Waals surface area contributed by atoms with Gasteiger partial charge in [-0.2, -0.15) is 13.2 Å². The highest BCUT2D eigenvalue weighted by atomic mass is 79.9. The van der Waals surface area contributed by atoms with Gasteiger partial charge in [-0.25, -0.2) is 0 Å². The van der Waals surface area contributed by atoms with Crippen LogP contribution in [0.15, 0.2) is 58.1 Å². The molecule has 5 nitrogen and oxygen atoms in total. The number of nitrogens with zero attached hydrogens (tertiary/aromatic N) is 2. The van der Waals surface area contributed by atoms with Crippen molar-refractivity contribution in [2.75, 3.05) is 7.05 Å². The van der Waals surface area contributed by atoms with Crippen LogP contribution in [0, 0.1) is 6.92 Å². The van der Waals surface area contributed by atoms with E-state index in [1.807, 2.05) is 31.2 Å². The maximum atomic E-state index is 13.2. The number of alkyl halides is 3. The van der Waals surface area contributed by atoms with Gasteiger partial charge in [0.05, 0.1) is 6.04 Å². The minimum Gasteiger partial charge on any atom is -0.355 e. The number of halogens is 4. The molecule has 9 heteroatoms. The molecule has 0 spiro atoms. The molecule has 2 aromatic heterocycles. The number of benzene rings is 1. The summed E-state index contributed by atoms with van der Waals surface area (Å²) in [6.45, 7) is 3.62. The highest BCUT2D eigenvalue weighted by Crippen LogP contribution is 2.32. The first-order valence-corrected chi connectivity index (χ1v) is 10.6. The van der Waals surface area contributed by atoms with Crippen molar-refractivity contribution >= 4 is 21.8 Å². The van der Waals surface area contributed by atoms with E-state index in [0.29, 0.717) is 12.1 Å². The lowest BCUT2D eigenvalue weighted by molar-refractivity contribution is -0.141. The number of amides is 1. The first-order chi connectivity index (χ1) is 15.1. The van der Waals surface area contributed by atoms with Crippen molar-refractivity contribution in [3.63, 3.8) is 0 Å². The standard InChI is InChI=1S/C23H21BrF3N3O2/c1-4-18(14-5-7-16(24)8-6-14)30-12-17(22(32)28-3)21(31)20(13(30)2)15-9-10-29-19(11-15)23(25,26)27/h5-12,18H,4H2,1-3H3,(H,28,32). The zero-order valence-corrected chi connectivity index (χ0v) is 19.2. The second kappa shape index (κ2) is 9.28. The molecule has 0 saturated heterocycles. The van der Waals surface area contributed by atoms with Crippen LogP contribution in [-0.2, 0) is 6.18 Å². The molecule has 1 amide bonds. The van der Waals surface area contributed by atoms with Crippen LogP contribution in [0.5, 0.6) is 0 Å². The fourth-order valence-electron chi connectivity index (χ4n) is 3.70.